The fourth-order valence-corrected chi connectivity index (χ4v) is 4.54. The third-order valence-electron chi connectivity index (χ3n) is 6.12. The number of aliphatic hydroxyl groups excluding tert-OH is 2. The van der Waals surface area contributed by atoms with Crippen LogP contribution < -0.4 is 4.74 Å². The first kappa shape index (κ1) is 20.9. The highest BCUT2D eigenvalue weighted by Crippen LogP contribution is 2.42. The smallest absolute Gasteiger partial charge is 0.335 e. The number of carbonyl (C=O) groups is 1. The molecule has 0 amide bonds. The van der Waals surface area contributed by atoms with Gasteiger partial charge in [0.05, 0.1) is 17.8 Å². The molecule has 5 heteroatoms. The van der Waals surface area contributed by atoms with Crippen LogP contribution in [0, 0.1) is 11.8 Å². The molecule has 2 aliphatic rings. The van der Waals surface area contributed by atoms with Crippen LogP contribution in [0.1, 0.15) is 67.8 Å². The van der Waals surface area contributed by atoms with Crippen molar-refractivity contribution in [2.45, 2.75) is 76.6 Å². The summed E-state index contributed by atoms with van der Waals surface area (Å²) in [6.45, 7) is 2.14. The second-order valence-corrected chi connectivity index (χ2v) is 8.17. The highest BCUT2D eigenvalue weighted by molar-refractivity contribution is 5.88. The molecule has 0 aromatic heterocycles. The van der Waals surface area contributed by atoms with E-state index in [1.165, 1.54) is 0 Å². The van der Waals surface area contributed by atoms with Gasteiger partial charge in [0.1, 0.15) is 11.9 Å². The van der Waals surface area contributed by atoms with Crippen LogP contribution in [0.3, 0.4) is 0 Å². The van der Waals surface area contributed by atoms with Crippen LogP contribution in [-0.2, 0) is 6.42 Å². The van der Waals surface area contributed by atoms with Gasteiger partial charge in [0, 0.05) is 18.3 Å². The summed E-state index contributed by atoms with van der Waals surface area (Å²) in [4.78, 5) is 11.3. The average Bonchev–Trinajstić information content (AvgIpc) is 2.93. The van der Waals surface area contributed by atoms with Crippen molar-refractivity contribution < 1.29 is 24.9 Å². The number of hydrogen-bond donors (Lipinski definition) is 3. The predicted octanol–water partition coefficient (Wildman–Crippen LogP) is 3.96. The molecule has 0 bridgehead atoms. The van der Waals surface area contributed by atoms with Gasteiger partial charge in [-0.3, -0.25) is 0 Å². The SMILES string of the molecule is CCCCC[C@H](O)/C=C/[C@@H]1[C@H]2CCCc3ccc(C(=O)O)cc3O[C@H]2C[C@H]1O. The Bertz CT molecular complexity index is 698. The Kier molecular flexibility index (Phi) is 7.13. The number of fused-ring (bicyclic) bond motifs is 2. The van der Waals surface area contributed by atoms with E-state index < -0.39 is 18.2 Å². The molecular formula is C23H32O5. The van der Waals surface area contributed by atoms with Gasteiger partial charge in [0.2, 0.25) is 0 Å². The number of carboxylic acid groups (broad SMARTS) is 1. The minimum atomic E-state index is -0.964. The highest BCUT2D eigenvalue weighted by Gasteiger charge is 2.43. The molecule has 5 nitrogen and oxygen atoms in total. The lowest BCUT2D eigenvalue weighted by molar-refractivity contribution is 0.0695. The van der Waals surface area contributed by atoms with Crippen LogP contribution in [0.5, 0.6) is 5.75 Å². The first-order valence-electron chi connectivity index (χ1n) is 10.6. The molecule has 1 fully saturated rings. The fourth-order valence-electron chi connectivity index (χ4n) is 4.54. The van der Waals surface area contributed by atoms with Crippen molar-refractivity contribution in [2.75, 3.05) is 0 Å². The Morgan fingerprint density at radius 1 is 1.36 bits per heavy atom. The van der Waals surface area contributed by atoms with Crippen LogP contribution in [0.25, 0.3) is 0 Å². The van der Waals surface area contributed by atoms with E-state index in [1.54, 1.807) is 12.1 Å². The van der Waals surface area contributed by atoms with Gasteiger partial charge >= 0.3 is 5.97 Å². The zero-order chi connectivity index (χ0) is 20.1. The van der Waals surface area contributed by atoms with Crippen LogP contribution >= 0.6 is 0 Å². The number of benzene rings is 1. The van der Waals surface area contributed by atoms with Gasteiger partial charge in [0.25, 0.3) is 0 Å². The maximum Gasteiger partial charge on any atom is 0.335 e. The molecule has 5 atom stereocenters. The maximum atomic E-state index is 11.3. The summed E-state index contributed by atoms with van der Waals surface area (Å²) < 4.78 is 6.22. The van der Waals surface area contributed by atoms with Gasteiger partial charge in [-0.15, -0.1) is 0 Å². The number of aromatic carboxylic acids is 1. The monoisotopic (exact) mass is 388 g/mol. The van der Waals surface area contributed by atoms with E-state index in [2.05, 4.69) is 6.92 Å². The third kappa shape index (κ3) is 4.95. The molecular weight excluding hydrogens is 356 g/mol. The summed E-state index contributed by atoms with van der Waals surface area (Å²) in [5.41, 5.74) is 1.25. The van der Waals surface area contributed by atoms with E-state index in [0.29, 0.717) is 12.2 Å². The summed E-state index contributed by atoms with van der Waals surface area (Å²) in [5, 5.41) is 30.0. The van der Waals surface area contributed by atoms with Crippen molar-refractivity contribution in [3.05, 3.63) is 41.5 Å². The minimum Gasteiger partial charge on any atom is -0.490 e. The molecule has 1 heterocycles. The molecule has 3 rings (SSSR count). The number of aryl methyl sites for hydroxylation is 1. The fraction of sp³-hybridized carbons (Fsp3) is 0.609. The molecule has 1 saturated carbocycles. The number of ether oxygens (including phenoxy) is 1. The van der Waals surface area contributed by atoms with Crippen LogP contribution in [-0.4, -0.2) is 39.6 Å². The Hall–Kier alpha value is -1.85. The summed E-state index contributed by atoms with van der Waals surface area (Å²) in [7, 11) is 0. The van der Waals surface area contributed by atoms with Gasteiger partial charge in [-0.05, 0) is 43.4 Å². The lowest BCUT2D eigenvalue weighted by atomic mass is 9.86. The molecule has 1 aliphatic heterocycles. The van der Waals surface area contributed by atoms with Crippen LogP contribution in [0.4, 0.5) is 0 Å². The number of unbranched alkanes of at least 4 members (excludes halogenated alkanes) is 2. The maximum absolute atomic E-state index is 11.3. The first-order valence-corrected chi connectivity index (χ1v) is 10.6. The Morgan fingerprint density at radius 3 is 2.93 bits per heavy atom. The zero-order valence-corrected chi connectivity index (χ0v) is 16.6. The highest BCUT2D eigenvalue weighted by atomic mass is 16.5. The van der Waals surface area contributed by atoms with Crippen molar-refractivity contribution in [1.29, 1.82) is 0 Å². The second kappa shape index (κ2) is 9.57. The van der Waals surface area contributed by atoms with Crippen molar-refractivity contribution in [1.82, 2.24) is 0 Å². The van der Waals surface area contributed by atoms with E-state index in [-0.39, 0.29) is 23.5 Å². The number of hydrogen-bond acceptors (Lipinski definition) is 4. The lowest BCUT2D eigenvalue weighted by Gasteiger charge is -2.28. The Balaban J connectivity index is 1.71. The van der Waals surface area contributed by atoms with E-state index in [0.717, 1.165) is 50.5 Å². The molecule has 1 aromatic rings. The Labute approximate surface area is 167 Å². The van der Waals surface area contributed by atoms with Crippen molar-refractivity contribution in [2.24, 2.45) is 11.8 Å². The van der Waals surface area contributed by atoms with Gasteiger partial charge in [-0.25, -0.2) is 4.79 Å². The molecule has 1 aliphatic carbocycles. The zero-order valence-electron chi connectivity index (χ0n) is 16.6. The predicted molar refractivity (Wildman–Crippen MR) is 108 cm³/mol. The van der Waals surface area contributed by atoms with Gasteiger partial charge in [-0.2, -0.15) is 0 Å². The topological polar surface area (TPSA) is 87.0 Å². The van der Waals surface area contributed by atoms with Gasteiger partial charge < -0.3 is 20.1 Å². The number of carboxylic acids is 1. The van der Waals surface area contributed by atoms with Crippen molar-refractivity contribution in [3.63, 3.8) is 0 Å². The molecule has 0 saturated heterocycles. The van der Waals surface area contributed by atoms with Crippen LogP contribution in [0.2, 0.25) is 0 Å². The normalized spacial score (nSPS) is 28.1. The molecule has 0 radical (unpaired) electrons. The minimum absolute atomic E-state index is 0.0324. The van der Waals surface area contributed by atoms with E-state index in [4.69, 9.17) is 4.74 Å². The quantitative estimate of drug-likeness (QED) is 0.486. The lowest BCUT2D eigenvalue weighted by Crippen LogP contribution is -2.27. The molecule has 28 heavy (non-hydrogen) atoms. The first-order chi connectivity index (χ1) is 13.5. The second-order valence-electron chi connectivity index (χ2n) is 8.17. The average molecular weight is 389 g/mol. The van der Waals surface area contributed by atoms with Crippen molar-refractivity contribution in [3.8, 4) is 5.75 Å². The van der Waals surface area contributed by atoms with Crippen molar-refractivity contribution >= 4 is 5.97 Å². The largest absolute Gasteiger partial charge is 0.490 e. The number of aliphatic hydroxyl groups is 2. The van der Waals surface area contributed by atoms with E-state index in [1.807, 2.05) is 18.2 Å². The molecule has 0 unspecified atom stereocenters. The van der Waals surface area contributed by atoms with E-state index >= 15 is 0 Å². The molecule has 154 valence electrons. The van der Waals surface area contributed by atoms with Crippen LogP contribution in [0.15, 0.2) is 30.4 Å². The molecule has 0 spiro atoms. The third-order valence-corrected chi connectivity index (χ3v) is 6.12. The molecule has 3 N–H and O–H groups in total. The van der Waals surface area contributed by atoms with Gasteiger partial charge in [-0.1, -0.05) is 44.4 Å². The Morgan fingerprint density at radius 2 is 2.18 bits per heavy atom. The summed E-state index contributed by atoms with van der Waals surface area (Å²) in [6, 6.07) is 5.07. The van der Waals surface area contributed by atoms with E-state index in [9.17, 15) is 20.1 Å². The summed E-state index contributed by atoms with van der Waals surface area (Å²) >= 11 is 0. The summed E-state index contributed by atoms with van der Waals surface area (Å²) in [5.74, 6) is -0.189. The summed E-state index contributed by atoms with van der Waals surface area (Å²) in [6.07, 6.45) is 10.0. The standard InChI is InChI=1S/C23H32O5/c1-2-3-4-7-17(24)11-12-18-19-8-5-6-15-9-10-16(23(26)27)13-21(15)28-22(19)14-20(18)25/h9-13,17-20,22,24-25H,2-8,14H2,1H3,(H,26,27)/b12-11+/t17-,18+,19+,20+,22-/m0/s1. The number of rotatable bonds is 7. The molecule has 1 aromatic carbocycles. The van der Waals surface area contributed by atoms with Gasteiger partial charge in [0.15, 0.2) is 0 Å².